The SMILES string of the molecule is CCNCCCNC(=O)c1cc(Br)ccc1I. The molecule has 3 nitrogen and oxygen atoms in total. The summed E-state index contributed by atoms with van der Waals surface area (Å²) in [4.78, 5) is 11.9. The van der Waals surface area contributed by atoms with Crippen LogP contribution in [0.25, 0.3) is 0 Å². The highest BCUT2D eigenvalue weighted by Crippen LogP contribution is 2.18. The molecule has 2 N–H and O–H groups in total. The van der Waals surface area contributed by atoms with Crippen LogP contribution in [0.15, 0.2) is 22.7 Å². The van der Waals surface area contributed by atoms with Crippen LogP contribution in [-0.2, 0) is 0 Å². The fraction of sp³-hybridized carbons (Fsp3) is 0.417. The first-order chi connectivity index (χ1) is 8.15. The first-order valence-electron chi connectivity index (χ1n) is 5.59. The molecule has 0 aliphatic rings. The maximum absolute atomic E-state index is 11.9. The zero-order valence-corrected chi connectivity index (χ0v) is 13.5. The second-order valence-corrected chi connectivity index (χ2v) is 5.67. The number of hydrogen-bond donors (Lipinski definition) is 2. The van der Waals surface area contributed by atoms with E-state index in [4.69, 9.17) is 0 Å². The topological polar surface area (TPSA) is 41.1 Å². The summed E-state index contributed by atoms with van der Waals surface area (Å²) in [6.45, 7) is 4.68. The Morgan fingerprint density at radius 3 is 2.88 bits per heavy atom. The number of carbonyl (C=O) groups excluding carboxylic acids is 1. The maximum atomic E-state index is 11.9. The molecule has 1 rings (SSSR count). The first-order valence-corrected chi connectivity index (χ1v) is 7.46. The van der Waals surface area contributed by atoms with Crippen molar-refractivity contribution in [1.29, 1.82) is 0 Å². The monoisotopic (exact) mass is 410 g/mol. The van der Waals surface area contributed by atoms with E-state index in [9.17, 15) is 4.79 Å². The minimum absolute atomic E-state index is 0.00722. The van der Waals surface area contributed by atoms with Crippen molar-refractivity contribution in [2.75, 3.05) is 19.6 Å². The molecule has 0 spiro atoms. The normalized spacial score (nSPS) is 10.3. The van der Waals surface area contributed by atoms with E-state index in [2.05, 4.69) is 56.1 Å². The Labute approximate surface area is 124 Å². The average molecular weight is 411 g/mol. The Hall–Kier alpha value is -0.140. The lowest BCUT2D eigenvalue weighted by molar-refractivity contribution is 0.0952. The number of hydrogen-bond acceptors (Lipinski definition) is 2. The summed E-state index contributed by atoms with van der Waals surface area (Å²) < 4.78 is 1.89. The largest absolute Gasteiger partial charge is 0.352 e. The van der Waals surface area contributed by atoms with E-state index < -0.39 is 0 Å². The maximum Gasteiger partial charge on any atom is 0.252 e. The molecule has 0 aliphatic carbocycles. The van der Waals surface area contributed by atoms with Crippen LogP contribution < -0.4 is 10.6 Å². The average Bonchev–Trinajstić information content (AvgIpc) is 2.32. The Kier molecular flexibility index (Phi) is 7.06. The minimum Gasteiger partial charge on any atom is -0.352 e. The van der Waals surface area contributed by atoms with Gasteiger partial charge in [-0.1, -0.05) is 22.9 Å². The molecule has 0 aliphatic heterocycles. The number of carbonyl (C=O) groups is 1. The molecule has 0 saturated carbocycles. The zero-order chi connectivity index (χ0) is 12.7. The molecule has 1 amide bonds. The van der Waals surface area contributed by atoms with Gasteiger partial charge in [0.25, 0.3) is 5.91 Å². The Balaban J connectivity index is 2.44. The molecule has 0 unspecified atom stereocenters. The third-order valence-electron chi connectivity index (χ3n) is 2.24. The van der Waals surface area contributed by atoms with Crippen LogP contribution in [0.5, 0.6) is 0 Å². The number of halogens is 2. The van der Waals surface area contributed by atoms with E-state index in [0.717, 1.165) is 33.1 Å². The fourth-order valence-corrected chi connectivity index (χ4v) is 2.30. The molecule has 0 heterocycles. The molecule has 5 heteroatoms. The number of rotatable bonds is 6. The minimum atomic E-state index is -0.00722. The van der Waals surface area contributed by atoms with Gasteiger partial charge < -0.3 is 10.6 Å². The summed E-state index contributed by atoms with van der Waals surface area (Å²) in [5.41, 5.74) is 0.725. The molecule has 1 aromatic carbocycles. The summed E-state index contributed by atoms with van der Waals surface area (Å²) in [6, 6.07) is 5.71. The van der Waals surface area contributed by atoms with Gasteiger partial charge in [0.1, 0.15) is 0 Å². The van der Waals surface area contributed by atoms with E-state index in [1.54, 1.807) is 0 Å². The second kappa shape index (κ2) is 8.05. The lowest BCUT2D eigenvalue weighted by Crippen LogP contribution is -2.27. The lowest BCUT2D eigenvalue weighted by Gasteiger charge is -2.07. The van der Waals surface area contributed by atoms with Crippen LogP contribution >= 0.6 is 38.5 Å². The molecule has 0 atom stereocenters. The number of nitrogens with one attached hydrogen (secondary N) is 2. The summed E-state index contributed by atoms with van der Waals surface area (Å²) in [5, 5.41) is 6.14. The van der Waals surface area contributed by atoms with Crippen molar-refractivity contribution >= 4 is 44.4 Å². The van der Waals surface area contributed by atoms with Gasteiger partial charge in [-0.25, -0.2) is 0 Å². The van der Waals surface area contributed by atoms with Crippen molar-refractivity contribution in [3.8, 4) is 0 Å². The molecular weight excluding hydrogens is 395 g/mol. The van der Waals surface area contributed by atoms with E-state index in [1.807, 2.05) is 18.2 Å². The van der Waals surface area contributed by atoms with Crippen molar-refractivity contribution in [2.24, 2.45) is 0 Å². The molecule has 0 saturated heterocycles. The quantitative estimate of drug-likeness (QED) is 0.559. The molecule has 0 aromatic heterocycles. The zero-order valence-electron chi connectivity index (χ0n) is 9.72. The second-order valence-electron chi connectivity index (χ2n) is 3.59. The fourth-order valence-electron chi connectivity index (χ4n) is 1.36. The van der Waals surface area contributed by atoms with Crippen LogP contribution in [0.1, 0.15) is 23.7 Å². The van der Waals surface area contributed by atoms with Gasteiger partial charge in [-0.2, -0.15) is 0 Å². The number of benzene rings is 1. The summed E-state index contributed by atoms with van der Waals surface area (Å²) in [5.74, 6) is -0.00722. The summed E-state index contributed by atoms with van der Waals surface area (Å²) >= 11 is 5.55. The van der Waals surface area contributed by atoms with Crippen molar-refractivity contribution in [2.45, 2.75) is 13.3 Å². The smallest absolute Gasteiger partial charge is 0.252 e. The van der Waals surface area contributed by atoms with Crippen molar-refractivity contribution in [3.05, 3.63) is 31.8 Å². The highest BCUT2D eigenvalue weighted by molar-refractivity contribution is 14.1. The standard InChI is InChI=1S/C12H16BrIN2O/c1-2-15-6-3-7-16-12(17)10-8-9(13)4-5-11(10)14/h4-5,8,15H,2-3,6-7H2,1H3,(H,16,17). The van der Waals surface area contributed by atoms with Crippen LogP contribution in [0.2, 0.25) is 0 Å². The molecule has 1 aromatic rings. The lowest BCUT2D eigenvalue weighted by atomic mass is 10.2. The molecule has 0 radical (unpaired) electrons. The van der Waals surface area contributed by atoms with Gasteiger partial charge in [0, 0.05) is 14.6 Å². The highest BCUT2D eigenvalue weighted by Gasteiger charge is 2.09. The van der Waals surface area contributed by atoms with Gasteiger partial charge >= 0.3 is 0 Å². The summed E-state index contributed by atoms with van der Waals surface area (Å²) in [7, 11) is 0. The van der Waals surface area contributed by atoms with Gasteiger partial charge in [-0.05, 0) is 60.3 Å². The van der Waals surface area contributed by atoms with Crippen molar-refractivity contribution in [1.82, 2.24) is 10.6 Å². The Morgan fingerprint density at radius 2 is 2.18 bits per heavy atom. The number of amides is 1. The Bertz CT molecular complexity index is 385. The molecule has 0 bridgehead atoms. The predicted octanol–water partition coefficient (Wildman–Crippen LogP) is 2.78. The highest BCUT2D eigenvalue weighted by atomic mass is 127. The van der Waals surface area contributed by atoms with Gasteiger partial charge in [0.05, 0.1) is 5.56 Å². The molecule has 94 valence electrons. The third kappa shape index (κ3) is 5.35. The van der Waals surface area contributed by atoms with Crippen LogP contribution in [0, 0.1) is 3.57 Å². The summed E-state index contributed by atoms with van der Waals surface area (Å²) in [6.07, 6.45) is 0.949. The van der Waals surface area contributed by atoms with Crippen LogP contribution in [-0.4, -0.2) is 25.5 Å². The van der Waals surface area contributed by atoms with Crippen molar-refractivity contribution < 1.29 is 4.79 Å². The molecule has 0 fully saturated rings. The first kappa shape index (κ1) is 14.9. The van der Waals surface area contributed by atoms with Gasteiger partial charge in [-0.15, -0.1) is 0 Å². The van der Waals surface area contributed by atoms with E-state index in [1.165, 1.54) is 0 Å². The third-order valence-corrected chi connectivity index (χ3v) is 3.67. The van der Waals surface area contributed by atoms with Gasteiger partial charge in [0.15, 0.2) is 0 Å². The van der Waals surface area contributed by atoms with Crippen LogP contribution in [0.4, 0.5) is 0 Å². The Morgan fingerprint density at radius 1 is 1.41 bits per heavy atom. The predicted molar refractivity (Wildman–Crippen MR) is 82.4 cm³/mol. The van der Waals surface area contributed by atoms with E-state index >= 15 is 0 Å². The van der Waals surface area contributed by atoms with Gasteiger partial charge in [-0.3, -0.25) is 4.79 Å². The molecular formula is C12H16BrIN2O. The molecule has 17 heavy (non-hydrogen) atoms. The van der Waals surface area contributed by atoms with Gasteiger partial charge in [0.2, 0.25) is 0 Å². The van der Waals surface area contributed by atoms with E-state index in [0.29, 0.717) is 6.54 Å². The van der Waals surface area contributed by atoms with Crippen LogP contribution in [0.3, 0.4) is 0 Å². The van der Waals surface area contributed by atoms with E-state index in [-0.39, 0.29) is 5.91 Å². The van der Waals surface area contributed by atoms with Crippen molar-refractivity contribution in [3.63, 3.8) is 0 Å².